The number of ether oxygens (including phenoxy) is 1. The normalized spacial score (nSPS) is 30.9. The van der Waals surface area contributed by atoms with Crippen LogP contribution in [-0.4, -0.2) is 58.9 Å². The summed E-state index contributed by atoms with van der Waals surface area (Å²) in [5.74, 6) is -0.856. The average molecular weight is 431 g/mol. The van der Waals surface area contributed by atoms with Gasteiger partial charge in [0.25, 0.3) is 0 Å². The second-order valence-electron chi connectivity index (χ2n) is 7.88. The Kier molecular flexibility index (Phi) is 8.27. The molecular weight excluding hydrogens is 398 g/mol. The Balaban J connectivity index is 0.00000169. The van der Waals surface area contributed by atoms with Crippen molar-refractivity contribution in [3.8, 4) is 0 Å². The van der Waals surface area contributed by atoms with Crippen molar-refractivity contribution < 1.29 is 24.6 Å². The van der Waals surface area contributed by atoms with Crippen molar-refractivity contribution in [1.82, 2.24) is 0 Å². The lowest BCUT2D eigenvalue weighted by Crippen LogP contribution is -2.62. The van der Waals surface area contributed by atoms with Crippen molar-refractivity contribution in [1.29, 1.82) is 0 Å². The van der Waals surface area contributed by atoms with Crippen LogP contribution in [0.25, 0.3) is 0 Å². The molecule has 3 N–H and O–H groups in total. The molecule has 2 heterocycles. The van der Waals surface area contributed by atoms with Crippen LogP contribution in [0, 0.1) is 0 Å². The zero-order valence-corrected chi connectivity index (χ0v) is 17.6. The van der Waals surface area contributed by atoms with E-state index in [0.29, 0.717) is 18.1 Å². The molecule has 0 amide bonds. The number of esters is 1. The van der Waals surface area contributed by atoms with Gasteiger partial charge >= 0.3 is 5.97 Å². The number of hydrogen-bond acceptors (Lipinski definition) is 3. The van der Waals surface area contributed by atoms with Gasteiger partial charge in [0.05, 0.1) is 31.8 Å². The third-order valence-corrected chi connectivity index (χ3v) is 6.54. The number of fused-ring (bicyclic) bond motifs is 2. The van der Waals surface area contributed by atoms with E-state index in [1.54, 1.807) is 0 Å². The van der Waals surface area contributed by atoms with Crippen molar-refractivity contribution in [2.24, 2.45) is 0 Å². The molecule has 1 aromatic rings. The maximum atomic E-state index is 12.6. The SMILES string of the molecule is Br.CC(C)[N+]1(C)[C@@H]2CC[C@H]1CC(OC(=O)C(CO)c1ccccc1)C2.O. The Hall–Kier alpha value is -0.950. The molecule has 0 aromatic heterocycles. The molecule has 2 fully saturated rings. The maximum Gasteiger partial charge on any atom is 0.316 e. The van der Waals surface area contributed by atoms with Crippen molar-refractivity contribution in [3.05, 3.63) is 35.9 Å². The van der Waals surface area contributed by atoms with Crippen LogP contribution < -0.4 is 0 Å². The summed E-state index contributed by atoms with van der Waals surface area (Å²) in [7, 11) is 2.37. The van der Waals surface area contributed by atoms with Crippen LogP contribution in [-0.2, 0) is 9.53 Å². The van der Waals surface area contributed by atoms with Crippen molar-refractivity contribution in [2.45, 2.75) is 69.7 Å². The Morgan fingerprint density at radius 1 is 1.19 bits per heavy atom. The molecule has 1 aromatic carbocycles. The van der Waals surface area contributed by atoms with Gasteiger partial charge in [0.15, 0.2) is 0 Å². The summed E-state index contributed by atoms with van der Waals surface area (Å²) in [4.78, 5) is 12.6. The average Bonchev–Trinajstić information content (AvgIpc) is 2.74. The molecular formula is C20H33BrNO4+. The third-order valence-electron chi connectivity index (χ3n) is 6.54. The summed E-state index contributed by atoms with van der Waals surface area (Å²) in [5, 5.41) is 9.65. The predicted octanol–water partition coefficient (Wildman–Crippen LogP) is 2.61. The maximum absolute atomic E-state index is 12.6. The first-order chi connectivity index (χ1) is 11.5. The van der Waals surface area contributed by atoms with Gasteiger partial charge in [-0.15, -0.1) is 17.0 Å². The summed E-state index contributed by atoms with van der Waals surface area (Å²) < 4.78 is 6.96. The van der Waals surface area contributed by atoms with E-state index in [4.69, 9.17) is 4.74 Å². The molecule has 2 aliphatic rings. The zero-order chi connectivity index (χ0) is 17.3. The highest BCUT2D eigenvalue weighted by Gasteiger charge is 2.53. The molecule has 5 nitrogen and oxygen atoms in total. The summed E-state index contributed by atoms with van der Waals surface area (Å²) in [6, 6.07) is 11.2. The lowest BCUT2D eigenvalue weighted by Gasteiger charge is -2.49. The van der Waals surface area contributed by atoms with Gasteiger partial charge in [-0.05, 0) is 19.4 Å². The minimum atomic E-state index is -0.572. The Morgan fingerprint density at radius 2 is 1.73 bits per heavy atom. The minimum absolute atomic E-state index is 0. The summed E-state index contributed by atoms with van der Waals surface area (Å²) in [6.45, 7) is 4.39. The number of hydrogen-bond donors (Lipinski definition) is 1. The molecule has 3 rings (SSSR count). The Bertz CT molecular complexity index is 566. The van der Waals surface area contributed by atoms with Gasteiger partial charge in [-0.1, -0.05) is 30.3 Å². The highest BCUT2D eigenvalue weighted by atomic mass is 79.9. The first-order valence-electron chi connectivity index (χ1n) is 9.18. The first kappa shape index (κ1) is 23.1. The van der Waals surface area contributed by atoms with E-state index in [1.165, 1.54) is 12.8 Å². The van der Waals surface area contributed by atoms with Crippen LogP contribution in [0.15, 0.2) is 30.3 Å². The number of piperidine rings is 1. The van der Waals surface area contributed by atoms with Gasteiger partial charge in [-0.2, -0.15) is 0 Å². The van der Waals surface area contributed by atoms with Gasteiger partial charge < -0.3 is 19.8 Å². The van der Waals surface area contributed by atoms with E-state index in [9.17, 15) is 9.90 Å². The number of carbonyl (C=O) groups is 1. The van der Waals surface area contributed by atoms with E-state index < -0.39 is 5.92 Å². The molecule has 0 radical (unpaired) electrons. The highest BCUT2D eigenvalue weighted by molar-refractivity contribution is 8.93. The van der Waals surface area contributed by atoms with E-state index in [1.807, 2.05) is 30.3 Å². The number of quaternary nitrogens is 1. The molecule has 0 spiro atoms. The van der Waals surface area contributed by atoms with Crippen molar-refractivity contribution in [2.75, 3.05) is 13.7 Å². The van der Waals surface area contributed by atoms with Crippen LogP contribution in [0.4, 0.5) is 0 Å². The number of aliphatic hydroxyl groups excluding tert-OH is 1. The molecule has 3 unspecified atom stereocenters. The fourth-order valence-electron chi connectivity index (χ4n) is 4.82. The smallest absolute Gasteiger partial charge is 0.316 e. The molecule has 148 valence electrons. The Morgan fingerprint density at radius 3 is 2.19 bits per heavy atom. The summed E-state index contributed by atoms with van der Waals surface area (Å²) in [6.07, 6.45) is 4.36. The minimum Gasteiger partial charge on any atom is -0.461 e. The van der Waals surface area contributed by atoms with E-state index in [0.717, 1.165) is 22.9 Å². The van der Waals surface area contributed by atoms with Gasteiger partial charge in [0.2, 0.25) is 0 Å². The molecule has 2 aliphatic heterocycles. The van der Waals surface area contributed by atoms with Gasteiger partial charge in [0, 0.05) is 25.7 Å². The molecule has 26 heavy (non-hydrogen) atoms. The van der Waals surface area contributed by atoms with E-state index >= 15 is 0 Å². The highest BCUT2D eigenvalue weighted by Crippen LogP contribution is 2.44. The monoisotopic (exact) mass is 430 g/mol. The fraction of sp³-hybridized carbons (Fsp3) is 0.650. The lowest BCUT2D eigenvalue weighted by molar-refractivity contribution is -0.968. The van der Waals surface area contributed by atoms with Crippen LogP contribution >= 0.6 is 17.0 Å². The number of halogens is 1. The van der Waals surface area contributed by atoms with Crippen LogP contribution in [0.5, 0.6) is 0 Å². The van der Waals surface area contributed by atoms with Crippen molar-refractivity contribution in [3.63, 3.8) is 0 Å². The molecule has 0 aliphatic carbocycles. The topological polar surface area (TPSA) is 78.0 Å². The first-order valence-corrected chi connectivity index (χ1v) is 9.18. The van der Waals surface area contributed by atoms with Crippen LogP contribution in [0.2, 0.25) is 0 Å². The number of carbonyl (C=O) groups excluding carboxylic acids is 1. The number of rotatable bonds is 5. The zero-order valence-electron chi connectivity index (χ0n) is 15.9. The number of benzene rings is 1. The largest absolute Gasteiger partial charge is 0.461 e. The predicted molar refractivity (Wildman–Crippen MR) is 107 cm³/mol. The number of nitrogens with zero attached hydrogens (tertiary/aromatic N) is 1. The quantitative estimate of drug-likeness (QED) is 0.575. The molecule has 2 saturated heterocycles. The van der Waals surface area contributed by atoms with E-state index in [-0.39, 0.29) is 41.1 Å². The van der Waals surface area contributed by atoms with Gasteiger partial charge in [0.1, 0.15) is 12.0 Å². The number of aliphatic hydroxyl groups is 1. The molecule has 5 atom stereocenters. The van der Waals surface area contributed by atoms with Crippen LogP contribution in [0.1, 0.15) is 51.0 Å². The fourth-order valence-corrected chi connectivity index (χ4v) is 4.82. The molecule has 6 heteroatoms. The lowest BCUT2D eigenvalue weighted by atomic mass is 9.94. The second-order valence-corrected chi connectivity index (χ2v) is 7.88. The van der Waals surface area contributed by atoms with E-state index in [2.05, 4.69) is 20.9 Å². The Labute approximate surface area is 167 Å². The second kappa shape index (κ2) is 9.31. The molecule has 0 saturated carbocycles. The third kappa shape index (κ3) is 4.14. The van der Waals surface area contributed by atoms with Crippen molar-refractivity contribution >= 4 is 23.0 Å². The summed E-state index contributed by atoms with van der Waals surface area (Å²) in [5.41, 5.74) is 0.826. The van der Waals surface area contributed by atoms with Crippen LogP contribution in [0.3, 0.4) is 0 Å². The summed E-state index contributed by atoms with van der Waals surface area (Å²) >= 11 is 0. The molecule has 2 bridgehead atoms. The van der Waals surface area contributed by atoms with Gasteiger partial charge in [-0.25, -0.2) is 0 Å². The standard InChI is InChI=1S/C20H30NO3.BrH.H2O/c1-14(2)21(3)16-9-10-17(21)12-18(11-16)24-20(23)19(13-22)15-7-5-4-6-8-15;;/h4-8,14,16-19,22H,9-13H2,1-3H3;1H;1H2/q+1;;/t16-,17+,18?,19?,21?;;. The van der Waals surface area contributed by atoms with Gasteiger partial charge in [-0.3, -0.25) is 4.79 Å².